The van der Waals surface area contributed by atoms with Crippen molar-refractivity contribution in [3.05, 3.63) is 81.4 Å². The Labute approximate surface area is 142 Å². The molecular weight excluding hydrogens is 318 g/mol. The molecule has 2 N–H and O–H groups in total. The van der Waals surface area contributed by atoms with E-state index in [1.807, 2.05) is 24.3 Å². The smallest absolute Gasteiger partial charge is 0.343 e. The van der Waals surface area contributed by atoms with Crippen molar-refractivity contribution in [3.63, 3.8) is 0 Å². The molecule has 1 atom stereocenters. The van der Waals surface area contributed by atoms with Gasteiger partial charge in [0.2, 0.25) is 5.88 Å². The molecule has 1 unspecified atom stereocenters. The van der Waals surface area contributed by atoms with Gasteiger partial charge in [0.05, 0.1) is 17.0 Å². The summed E-state index contributed by atoms with van der Waals surface area (Å²) in [4.78, 5) is 16.9. The van der Waals surface area contributed by atoms with E-state index in [2.05, 4.69) is 11.1 Å². The van der Waals surface area contributed by atoms with Crippen molar-refractivity contribution in [1.82, 2.24) is 4.98 Å². The zero-order valence-corrected chi connectivity index (χ0v) is 13.3. The molecule has 0 amide bonds. The first-order chi connectivity index (χ1) is 12.1. The molecule has 25 heavy (non-hydrogen) atoms. The predicted octanol–water partition coefficient (Wildman–Crippen LogP) is 2.71. The number of pyridine rings is 1. The van der Waals surface area contributed by atoms with E-state index in [0.29, 0.717) is 11.5 Å². The number of aryl methyl sites for hydroxylation is 1. The lowest BCUT2D eigenvalue weighted by Crippen LogP contribution is -2.26. The summed E-state index contributed by atoms with van der Waals surface area (Å²) in [5, 5.41) is 10.5. The van der Waals surface area contributed by atoms with Gasteiger partial charge in [-0.1, -0.05) is 18.2 Å². The lowest BCUT2D eigenvalue weighted by atomic mass is 9.83. The molecule has 3 heterocycles. The number of fused-ring (bicyclic) bond motifs is 2. The number of hydrogen-bond donors (Lipinski definition) is 1. The summed E-state index contributed by atoms with van der Waals surface area (Å²) >= 11 is 0. The number of para-hydroxylation sites is 1. The van der Waals surface area contributed by atoms with Gasteiger partial charge in [-0.05, 0) is 24.6 Å². The molecule has 0 aliphatic carbocycles. The Balaban J connectivity index is 2.09. The number of ether oxygens (including phenoxy) is 1. The number of allylic oxidation sites excluding steroid dienone is 1. The molecule has 0 bridgehead atoms. The van der Waals surface area contributed by atoms with Crippen molar-refractivity contribution in [2.45, 2.75) is 12.8 Å². The number of nitriles is 1. The van der Waals surface area contributed by atoms with E-state index in [0.717, 1.165) is 16.5 Å². The normalized spacial score (nSPS) is 16.2. The minimum Gasteiger partial charge on any atom is -0.440 e. The Morgan fingerprint density at radius 2 is 2.08 bits per heavy atom. The van der Waals surface area contributed by atoms with Crippen molar-refractivity contribution >= 4 is 10.9 Å². The van der Waals surface area contributed by atoms with Gasteiger partial charge in [0.25, 0.3) is 0 Å². The summed E-state index contributed by atoms with van der Waals surface area (Å²) in [6.07, 6.45) is 1.65. The van der Waals surface area contributed by atoms with Gasteiger partial charge < -0.3 is 14.9 Å². The molecule has 3 aromatic rings. The molecule has 0 saturated heterocycles. The fraction of sp³-hybridized carbons (Fsp3) is 0.105. The van der Waals surface area contributed by atoms with Crippen LogP contribution in [0.5, 0.6) is 5.75 Å². The molecule has 1 aromatic carbocycles. The van der Waals surface area contributed by atoms with Crippen LogP contribution in [-0.2, 0) is 0 Å². The Morgan fingerprint density at radius 1 is 1.28 bits per heavy atom. The van der Waals surface area contributed by atoms with Gasteiger partial charge in [-0.25, -0.2) is 4.79 Å². The number of hydrogen-bond acceptors (Lipinski definition) is 6. The Morgan fingerprint density at radius 3 is 2.88 bits per heavy atom. The second-order valence-corrected chi connectivity index (χ2v) is 5.76. The summed E-state index contributed by atoms with van der Waals surface area (Å²) in [5.41, 5.74) is 7.39. The average molecular weight is 331 g/mol. The lowest BCUT2D eigenvalue weighted by molar-refractivity contribution is 0.372. The molecule has 0 fully saturated rings. The molecule has 2 aromatic heterocycles. The monoisotopic (exact) mass is 331 g/mol. The third-order valence-corrected chi connectivity index (χ3v) is 4.25. The first kappa shape index (κ1) is 15.0. The lowest BCUT2D eigenvalue weighted by Gasteiger charge is -2.25. The molecule has 1 aliphatic rings. The van der Waals surface area contributed by atoms with E-state index >= 15 is 0 Å². The highest BCUT2D eigenvalue weighted by molar-refractivity contribution is 5.84. The number of rotatable bonds is 1. The molecular formula is C19H13N3O3. The highest BCUT2D eigenvalue weighted by atomic mass is 16.5. The van der Waals surface area contributed by atoms with Crippen LogP contribution in [0.15, 0.2) is 63.3 Å². The van der Waals surface area contributed by atoms with Gasteiger partial charge in [-0.15, -0.1) is 0 Å². The van der Waals surface area contributed by atoms with E-state index < -0.39 is 11.5 Å². The topological polar surface area (TPSA) is 102 Å². The fourth-order valence-electron chi connectivity index (χ4n) is 3.20. The number of nitrogens with two attached hydrogens (primary N) is 1. The van der Waals surface area contributed by atoms with E-state index in [9.17, 15) is 10.1 Å². The van der Waals surface area contributed by atoms with E-state index in [4.69, 9.17) is 14.9 Å². The van der Waals surface area contributed by atoms with E-state index in [1.54, 1.807) is 25.3 Å². The van der Waals surface area contributed by atoms with E-state index in [1.165, 1.54) is 0 Å². The van der Waals surface area contributed by atoms with Crippen LogP contribution in [0.1, 0.15) is 22.8 Å². The van der Waals surface area contributed by atoms with Crippen LogP contribution in [0.3, 0.4) is 0 Å². The molecule has 0 spiro atoms. The van der Waals surface area contributed by atoms with Gasteiger partial charge in [0.15, 0.2) is 0 Å². The number of benzene rings is 1. The summed E-state index contributed by atoms with van der Waals surface area (Å²) in [6.45, 7) is 1.65. The molecule has 122 valence electrons. The summed E-state index contributed by atoms with van der Waals surface area (Å²) in [5.74, 6) is 0.0517. The standard InChI is InChI=1S/C19H13N3O3/c1-10-8-15-17(19(23)24-10)16(13(9-20)18(21)25-15)12-6-7-22-14-5-3-2-4-11(12)14/h2-8,16H,21H2,1H3. The summed E-state index contributed by atoms with van der Waals surface area (Å²) in [7, 11) is 0. The highest BCUT2D eigenvalue weighted by Crippen LogP contribution is 2.42. The molecule has 6 heteroatoms. The molecule has 0 saturated carbocycles. The summed E-state index contributed by atoms with van der Waals surface area (Å²) in [6, 6.07) is 13.0. The second-order valence-electron chi connectivity index (χ2n) is 5.76. The van der Waals surface area contributed by atoms with Gasteiger partial charge >= 0.3 is 5.63 Å². The average Bonchev–Trinajstić information content (AvgIpc) is 2.60. The van der Waals surface area contributed by atoms with Crippen LogP contribution in [-0.4, -0.2) is 4.98 Å². The van der Waals surface area contributed by atoms with Gasteiger partial charge in [0, 0.05) is 17.6 Å². The van der Waals surface area contributed by atoms with Gasteiger partial charge in [-0.2, -0.15) is 5.26 Å². The molecule has 1 aliphatic heterocycles. The molecule has 4 rings (SSSR count). The SMILES string of the molecule is Cc1cc2c(c(=O)o1)C(c1ccnc3ccccc13)C(C#N)=C(N)O2. The number of aromatic nitrogens is 1. The van der Waals surface area contributed by atoms with Crippen LogP contribution in [0, 0.1) is 18.3 Å². The quantitative estimate of drug-likeness (QED) is 0.735. The van der Waals surface area contributed by atoms with Gasteiger partial charge in [-0.3, -0.25) is 4.98 Å². The Bertz CT molecular complexity index is 1130. The second kappa shape index (κ2) is 5.49. The third-order valence-electron chi connectivity index (χ3n) is 4.25. The Kier molecular flexibility index (Phi) is 3.29. The predicted molar refractivity (Wildman–Crippen MR) is 90.8 cm³/mol. The largest absolute Gasteiger partial charge is 0.440 e. The maximum absolute atomic E-state index is 12.5. The van der Waals surface area contributed by atoms with Crippen molar-refractivity contribution < 1.29 is 9.15 Å². The van der Waals surface area contributed by atoms with Crippen LogP contribution in [0.4, 0.5) is 0 Å². The molecule has 6 nitrogen and oxygen atoms in total. The number of nitrogens with zero attached hydrogens (tertiary/aromatic N) is 2. The first-order valence-corrected chi connectivity index (χ1v) is 7.66. The highest BCUT2D eigenvalue weighted by Gasteiger charge is 2.35. The van der Waals surface area contributed by atoms with Crippen LogP contribution in [0.2, 0.25) is 0 Å². The van der Waals surface area contributed by atoms with Crippen molar-refractivity contribution in [3.8, 4) is 11.8 Å². The summed E-state index contributed by atoms with van der Waals surface area (Å²) < 4.78 is 10.8. The molecule has 0 radical (unpaired) electrons. The van der Waals surface area contributed by atoms with Crippen molar-refractivity contribution in [2.75, 3.05) is 0 Å². The minimum absolute atomic E-state index is 0.00843. The van der Waals surface area contributed by atoms with Crippen molar-refractivity contribution in [2.24, 2.45) is 5.73 Å². The fourth-order valence-corrected chi connectivity index (χ4v) is 3.20. The Hall–Kier alpha value is -3.59. The zero-order chi connectivity index (χ0) is 17.6. The first-order valence-electron chi connectivity index (χ1n) is 7.66. The minimum atomic E-state index is -0.668. The van der Waals surface area contributed by atoms with E-state index in [-0.39, 0.29) is 17.0 Å². The van der Waals surface area contributed by atoms with Gasteiger partial charge in [0.1, 0.15) is 23.2 Å². The van der Waals surface area contributed by atoms with Crippen LogP contribution < -0.4 is 16.1 Å². The maximum Gasteiger partial charge on any atom is 0.343 e. The third kappa shape index (κ3) is 2.25. The maximum atomic E-state index is 12.5. The van der Waals surface area contributed by atoms with Crippen molar-refractivity contribution in [1.29, 1.82) is 5.26 Å². The zero-order valence-electron chi connectivity index (χ0n) is 13.3. The van der Waals surface area contributed by atoms with Crippen LogP contribution >= 0.6 is 0 Å². The van der Waals surface area contributed by atoms with Crippen LogP contribution in [0.25, 0.3) is 10.9 Å².